The van der Waals surface area contributed by atoms with Gasteiger partial charge in [-0.1, -0.05) is 30.3 Å². The molecule has 1 aromatic carbocycles. The zero-order valence-corrected chi connectivity index (χ0v) is 13.5. The molecule has 0 aromatic heterocycles. The summed E-state index contributed by atoms with van der Waals surface area (Å²) >= 11 is 0. The average Bonchev–Trinajstić information content (AvgIpc) is 2.48. The van der Waals surface area contributed by atoms with Gasteiger partial charge < -0.3 is 5.32 Å². The van der Waals surface area contributed by atoms with Crippen molar-refractivity contribution in [2.24, 2.45) is 0 Å². The first kappa shape index (κ1) is 15.0. The molecule has 1 atom stereocenters. The minimum absolute atomic E-state index is 0.290. The van der Waals surface area contributed by atoms with Crippen LogP contribution in [0.4, 0.5) is 0 Å². The Balaban J connectivity index is 1.63. The monoisotopic (exact) mass is 287 g/mol. The van der Waals surface area contributed by atoms with Crippen LogP contribution in [0.1, 0.15) is 32.3 Å². The number of rotatable bonds is 3. The number of piperidine rings is 1. The minimum atomic E-state index is 0.290. The molecule has 2 heterocycles. The Morgan fingerprint density at radius 2 is 2.00 bits per heavy atom. The van der Waals surface area contributed by atoms with Crippen molar-refractivity contribution in [2.45, 2.75) is 44.8 Å². The first-order chi connectivity index (χ1) is 10.1. The molecule has 1 aromatic rings. The fraction of sp³-hybridized carbons (Fsp3) is 0.667. The summed E-state index contributed by atoms with van der Waals surface area (Å²) in [5.41, 5.74) is 1.73. The van der Waals surface area contributed by atoms with E-state index >= 15 is 0 Å². The maximum atomic E-state index is 3.54. The van der Waals surface area contributed by atoms with Crippen LogP contribution in [0.25, 0.3) is 0 Å². The highest BCUT2D eigenvalue weighted by Gasteiger charge is 2.36. The third-order valence-corrected chi connectivity index (χ3v) is 5.04. The molecule has 1 unspecified atom stereocenters. The molecule has 3 rings (SSSR count). The predicted molar refractivity (Wildman–Crippen MR) is 88.4 cm³/mol. The standard InChI is InChI=1S/C18H29N3/c1-18(2)15-19-10-12-21(18)17-9-6-11-20(14-17)13-16-7-4-3-5-8-16/h3-5,7-8,17,19H,6,9-15H2,1-2H3. The molecule has 0 spiro atoms. The molecular formula is C18H29N3. The molecule has 0 aliphatic carbocycles. The van der Waals surface area contributed by atoms with Crippen LogP contribution in [0.2, 0.25) is 0 Å². The summed E-state index contributed by atoms with van der Waals surface area (Å²) in [5.74, 6) is 0. The van der Waals surface area contributed by atoms with Gasteiger partial charge in [-0.05, 0) is 38.8 Å². The molecule has 0 amide bonds. The quantitative estimate of drug-likeness (QED) is 0.920. The van der Waals surface area contributed by atoms with Gasteiger partial charge in [0, 0.05) is 44.3 Å². The van der Waals surface area contributed by atoms with Crippen molar-refractivity contribution < 1.29 is 0 Å². The fourth-order valence-corrected chi connectivity index (χ4v) is 3.95. The van der Waals surface area contributed by atoms with Gasteiger partial charge in [0.2, 0.25) is 0 Å². The summed E-state index contributed by atoms with van der Waals surface area (Å²) < 4.78 is 0. The maximum Gasteiger partial charge on any atom is 0.0281 e. The van der Waals surface area contributed by atoms with E-state index in [2.05, 4.69) is 59.3 Å². The highest BCUT2D eigenvalue weighted by Crippen LogP contribution is 2.25. The lowest BCUT2D eigenvalue weighted by Crippen LogP contribution is -2.63. The summed E-state index contributed by atoms with van der Waals surface area (Å²) in [6, 6.07) is 11.6. The van der Waals surface area contributed by atoms with Crippen molar-refractivity contribution in [3.63, 3.8) is 0 Å². The first-order valence-corrected chi connectivity index (χ1v) is 8.39. The second-order valence-corrected chi connectivity index (χ2v) is 7.20. The summed E-state index contributed by atoms with van der Waals surface area (Å²) in [4.78, 5) is 5.39. The van der Waals surface area contributed by atoms with Crippen molar-refractivity contribution in [1.29, 1.82) is 0 Å². The van der Waals surface area contributed by atoms with E-state index in [-0.39, 0.29) is 0 Å². The largest absolute Gasteiger partial charge is 0.314 e. The Morgan fingerprint density at radius 3 is 2.76 bits per heavy atom. The number of benzene rings is 1. The van der Waals surface area contributed by atoms with E-state index < -0.39 is 0 Å². The second-order valence-electron chi connectivity index (χ2n) is 7.20. The van der Waals surface area contributed by atoms with Crippen LogP contribution in [-0.2, 0) is 6.54 Å². The third kappa shape index (κ3) is 3.65. The Labute approximate surface area is 129 Å². The Bertz CT molecular complexity index is 443. The van der Waals surface area contributed by atoms with Gasteiger partial charge in [0.1, 0.15) is 0 Å². The van der Waals surface area contributed by atoms with Gasteiger partial charge in [-0.15, -0.1) is 0 Å². The van der Waals surface area contributed by atoms with Crippen LogP contribution in [0.5, 0.6) is 0 Å². The van der Waals surface area contributed by atoms with Crippen molar-refractivity contribution in [2.75, 3.05) is 32.7 Å². The molecule has 2 aliphatic rings. The van der Waals surface area contributed by atoms with E-state index in [0.29, 0.717) is 5.54 Å². The zero-order chi connectivity index (χ0) is 14.7. The van der Waals surface area contributed by atoms with Crippen molar-refractivity contribution in [3.05, 3.63) is 35.9 Å². The van der Waals surface area contributed by atoms with E-state index in [1.54, 1.807) is 0 Å². The Hall–Kier alpha value is -0.900. The molecule has 2 aliphatic heterocycles. The lowest BCUT2D eigenvalue weighted by molar-refractivity contribution is 0.00636. The molecular weight excluding hydrogens is 258 g/mol. The smallest absolute Gasteiger partial charge is 0.0281 e. The second kappa shape index (κ2) is 6.47. The van der Waals surface area contributed by atoms with Gasteiger partial charge in [0.05, 0.1) is 0 Å². The van der Waals surface area contributed by atoms with Crippen LogP contribution in [0.3, 0.4) is 0 Å². The number of nitrogens with zero attached hydrogens (tertiary/aromatic N) is 2. The van der Waals surface area contributed by atoms with Crippen molar-refractivity contribution >= 4 is 0 Å². The summed E-state index contributed by atoms with van der Waals surface area (Å²) in [6.45, 7) is 11.8. The van der Waals surface area contributed by atoms with Crippen molar-refractivity contribution in [1.82, 2.24) is 15.1 Å². The first-order valence-electron chi connectivity index (χ1n) is 8.39. The van der Waals surface area contributed by atoms with E-state index in [1.807, 2.05) is 0 Å². The number of piperazine rings is 1. The Morgan fingerprint density at radius 1 is 1.19 bits per heavy atom. The lowest BCUT2D eigenvalue weighted by atomic mass is 9.93. The van der Waals surface area contributed by atoms with Gasteiger partial charge in [-0.3, -0.25) is 9.80 Å². The normalized spacial score (nSPS) is 27.6. The van der Waals surface area contributed by atoms with Gasteiger partial charge >= 0.3 is 0 Å². The van der Waals surface area contributed by atoms with E-state index in [1.165, 1.54) is 38.0 Å². The highest BCUT2D eigenvalue weighted by molar-refractivity contribution is 5.14. The molecule has 1 N–H and O–H groups in total. The third-order valence-electron chi connectivity index (χ3n) is 5.04. The summed E-state index contributed by atoms with van der Waals surface area (Å²) in [6.07, 6.45) is 2.69. The molecule has 3 heteroatoms. The van der Waals surface area contributed by atoms with Gasteiger partial charge in [0.15, 0.2) is 0 Å². The topological polar surface area (TPSA) is 18.5 Å². The Kier molecular flexibility index (Phi) is 4.63. The highest BCUT2D eigenvalue weighted by atomic mass is 15.3. The molecule has 2 fully saturated rings. The van der Waals surface area contributed by atoms with Crippen molar-refractivity contribution in [3.8, 4) is 0 Å². The van der Waals surface area contributed by atoms with Gasteiger partial charge in [0.25, 0.3) is 0 Å². The van der Waals surface area contributed by atoms with Crippen LogP contribution >= 0.6 is 0 Å². The van der Waals surface area contributed by atoms with E-state index in [9.17, 15) is 0 Å². The number of hydrogen-bond acceptors (Lipinski definition) is 3. The van der Waals surface area contributed by atoms with E-state index in [4.69, 9.17) is 0 Å². The molecule has 21 heavy (non-hydrogen) atoms. The fourth-order valence-electron chi connectivity index (χ4n) is 3.95. The number of hydrogen-bond donors (Lipinski definition) is 1. The predicted octanol–water partition coefficient (Wildman–Crippen LogP) is 2.33. The van der Waals surface area contributed by atoms with Gasteiger partial charge in [-0.25, -0.2) is 0 Å². The number of likely N-dealkylation sites (tertiary alicyclic amines) is 1. The zero-order valence-electron chi connectivity index (χ0n) is 13.5. The van der Waals surface area contributed by atoms with Gasteiger partial charge in [-0.2, -0.15) is 0 Å². The van der Waals surface area contributed by atoms with E-state index in [0.717, 1.165) is 25.7 Å². The molecule has 3 nitrogen and oxygen atoms in total. The summed E-state index contributed by atoms with van der Waals surface area (Å²) in [7, 11) is 0. The lowest BCUT2D eigenvalue weighted by Gasteiger charge is -2.50. The molecule has 116 valence electrons. The molecule has 0 radical (unpaired) electrons. The molecule has 2 saturated heterocycles. The van der Waals surface area contributed by atoms with Crippen LogP contribution < -0.4 is 5.32 Å². The number of nitrogens with one attached hydrogen (secondary N) is 1. The van der Waals surface area contributed by atoms with Crippen LogP contribution in [0.15, 0.2) is 30.3 Å². The average molecular weight is 287 g/mol. The van der Waals surface area contributed by atoms with Crippen LogP contribution in [-0.4, -0.2) is 54.1 Å². The maximum absolute atomic E-state index is 3.54. The SMILES string of the molecule is CC1(C)CNCCN1C1CCCN(Cc2ccccc2)C1. The van der Waals surface area contributed by atoms with Crippen LogP contribution in [0, 0.1) is 0 Å². The molecule has 0 saturated carbocycles. The minimum Gasteiger partial charge on any atom is -0.314 e. The summed E-state index contributed by atoms with van der Waals surface area (Å²) in [5, 5.41) is 3.54. The molecule has 0 bridgehead atoms.